The molecule has 4 rings (SSSR count). The standard InChI is InChI=1S/C34H42FN5O8S/c1-21-6-7-23(18-25(21)38-33(45)28(42)19-27(41)22-8-10-24(35)11-9-22)32(44)37-13-15-48-17-16-47-14-12-36-30(43)5-3-2-4-29-31-26(20-49-29)39-34(46)40-31/h6-11,18,26,29,31H,2-5,12-17,19-20H2,1H3,(H,36,43)(H,37,44)(H,38,45)(H2,39,40,46)/t26-,29-,31-/m0/s1. The average Bonchev–Trinajstić information content (AvgIpc) is 3.63. The second kappa shape index (κ2) is 19.0. The Bertz CT molecular complexity index is 1510. The third-order valence-electron chi connectivity index (χ3n) is 8.04. The minimum absolute atomic E-state index is 0.0186. The average molecular weight is 700 g/mol. The van der Waals surface area contributed by atoms with Gasteiger partial charge in [-0.2, -0.15) is 11.8 Å². The number of unbranched alkanes of at least 4 members (excludes halogenated alkanes) is 1. The molecule has 2 aromatic carbocycles. The molecule has 2 fully saturated rings. The molecule has 264 valence electrons. The van der Waals surface area contributed by atoms with E-state index in [1.807, 2.05) is 11.8 Å². The van der Waals surface area contributed by atoms with Crippen LogP contribution in [0.2, 0.25) is 0 Å². The predicted octanol–water partition coefficient (Wildman–Crippen LogP) is 2.52. The Morgan fingerprint density at radius 3 is 2.33 bits per heavy atom. The lowest BCUT2D eigenvalue weighted by atomic mass is 10.0. The number of amides is 5. The number of thioether (sulfide) groups is 1. The van der Waals surface area contributed by atoms with Crippen LogP contribution in [0.5, 0.6) is 0 Å². The van der Waals surface area contributed by atoms with E-state index in [1.54, 1.807) is 19.1 Å². The Labute approximate surface area is 288 Å². The molecule has 2 saturated heterocycles. The van der Waals surface area contributed by atoms with Gasteiger partial charge in [-0.25, -0.2) is 9.18 Å². The van der Waals surface area contributed by atoms with Gasteiger partial charge in [-0.15, -0.1) is 0 Å². The fourth-order valence-electron chi connectivity index (χ4n) is 5.34. The van der Waals surface area contributed by atoms with E-state index in [0.29, 0.717) is 43.6 Å². The summed E-state index contributed by atoms with van der Waals surface area (Å²) < 4.78 is 24.0. The highest BCUT2D eigenvalue weighted by molar-refractivity contribution is 8.00. The molecular formula is C34H42FN5O8S. The van der Waals surface area contributed by atoms with Gasteiger partial charge in [0.2, 0.25) is 11.7 Å². The molecule has 2 aromatic rings. The summed E-state index contributed by atoms with van der Waals surface area (Å²) in [6.45, 7) is 3.53. The van der Waals surface area contributed by atoms with Gasteiger partial charge in [0.1, 0.15) is 5.82 Å². The van der Waals surface area contributed by atoms with Crippen molar-refractivity contribution in [2.24, 2.45) is 0 Å². The summed E-state index contributed by atoms with van der Waals surface area (Å²) in [6, 6.07) is 9.61. The normalized spacial score (nSPS) is 17.8. The van der Waals surface area contributed by atoms with E-state index in [2.05, 4.69) is 26.6 Å². The fraction of sp³-hybridized carbons (Fsp3) is 0.471. The van der Waals surface area contributed by atoms with E-state index in [4.69, 9.17) is 9.47 Å². The summed E-state index contributed by atoms with van der Waals surface area (Å²) in [4.78, 5) is 73.2. The molecule has 15 heteroatoms. The summed E-state index contributed by atoms with van der Waals surface area (Å²) in [5, 5.41) is 14.3. The summed E-state index contributed by atoms with van der Waals surface area (Å²) in [5.41, 5.74) is 1.23. The Hall–Kier alpha value is -4.34. The minimum Gasteiger partial charge on any atom is -0.377 e. The Morgan fingerprint density at radius 1 is 0.898 bits per heavy atom. The van der Waals surface area contributed by atoms with Gasteiger partial charge in [-0.1, -0.05) is 12.5 Å². The van der Waals surface area contributed by atoms with Crippen molar-refractivity contribution >= 4 is 52.8 Å². The number of nitrogens with one attached hydrogen (secondary N) is 5. The highest BCUT2D eigenvalue weighted by atomic mass is 32.2. The van der Waals surface area contributed by atoms with Gasteiger partial charge < -0.3 is 36.1 Å². The maximum Gasteiger partial charge on any atom is 0.315 e. The van der Waals surface area contributed by atoms with Crippen LogP contribution in [0, 0.1) is 12.7 Å². The van der Waals surface area contributed by atoms with E-state index < -0.39 is 35.6 Å². The van der Waals surface area contributed by atoms with Crippen LogP contribution in [0.4, 0.5) is 14.9 Å². The Kier molecular flexibility index (Phi) is 14.5. The molecule has 0 radical (unpaired) electrons. The van der Waals surface area contributed by atoms with Gasteiger partial charge in [-0.05, 0) is 61.7 Å². The Morgan fingerprint density at radius 2 is 1.59 bits per heavy atom. The number of fused-ring (bicyclic) bond motifs is 1. The van der Waals surface area contributed by atoms with Gasteiger partial charge in [0, 0.05) is 47.3 Å². The number of carbonyl (C=O) groups is 6. The number of hydrogen-bond acceptors (Lipinski definition) is 9. The Balaban J connectivity index is 1.01. The van der Waals surface area contributed by atoms with Crippen molar-refractivity contribution in [3.63, 3.8) is 0 Å². The van der Waals surface area contributed by atoms with E-state index in [9.17, 15) is 33.2 Å². The van der Waals surface area contributed by atoms with Gasteiger partial charge in [-0.3, -0.25) is 24.0 Å². The number of Topliss-reactive ketones (excluding diaryl/α,β-unsaturated/α-hetero) is 2. The molecule has 2 aliphatic rings. The van der Waals surface area contributed by atoms with E-state index >= 15 is 0 Å². The number of carbonyl (C=O) groups excluding carboxylic acids is 6. The van der Waals surface area contributed by atoms with Gasteiger partial charge in [0.25, 0.3) is 11.8 Å². The molecule has 0 aliphatic carbocycles. The van der Waals surface area contributed by atoms with Gasteiger partial charge in [0.05, 0.1) is 44.9 Å². The van der Waals surface area contributed by atoms with Gasteiger partial charge >= 0.3 is 6.03 Å². The van der Waals surface area contributed by atoms with E-state index in [0.717, 1.165) is 37.1 Å². The van der Waals surface area contributed by atoms with Crippen molar-refractivity contribution < 1.29 is 42.6 Å². The van der Waals surface area contributed by atoms with Crippen LogP contribution in [0.3, 0.4) is 0 Å². The number of rotatable bonds is 20. The molecular weight excluding hydrogens is 657 g/mol. The van der Waals surface area contributed by atoms with E-state index in [1.165, 1.54) is 18.2 Å². The molecule has 13 nitrogen and oxygen atoms in total. The highest BCUT2D eigenvalue weighted by Crippen LogP contribution is 2.33. The maximum atomic E-state index is 13.1. The molecule has 5 N–H and O–H groups in total. The second-order valence-electron chi connectivity index (χ2n) is 11.7. The number of ketones is 2. The largest absolute Gasteiger partial charge is 0.377 e. The molecule has 0 bridgehead atoms. The zero-order valence-electron chi connectivity index (χ0n) is 27.3. The number of halogens is 1. The molecule has 3 atom stereocenters. The fourth-order valence-corrected chi connectivity index (χ4v) is 6.88. The first-order valence-electron chi connectivity index (χ1n) is 16.2. The lowest BCUT2D eigenvalue weighted by Crippen LogP contribution is -2.36. The smallest absolute Gasteiger partial charge is 0.315 e. The third-order valence-corrected chi connectivity index (χ3v) is 9.55. The van der Waals surface area contributed by atoms with Crippen molar-refractivity contribution in [2.45, 2.75) is 56.4 Å². The van der Waals surface area contributed by atoms with Crippen LogP contribution in [0.1, 0.15) is 58.4 Å². The lowest BCUT2D eigenvalue weighted by molar-refractivity contribution is -0.134. The zero-order chi connectivity index (χ0) is 35.2. The van der Waals surface area contributed by atoms with Gasteiger partial charge in [0.15, 0.2) is 5.78 Å². The molecule has 2 aliphatic heterocycles. The number of aryl methyl sites for hydroxylation is 1. The monoisotopic (exact) mass is 699 g/mol. The number of hydrogen-bond donors (Lipinski definition) is 5. The molecule has 0 saturated carbocycles. The number of anilines is 1. The maximum absolute atomic E-state index is 13.1. The van der Waals surface area contributed by atoms with Crippen molar-refractivity contribution in [2.75, 3.05) is 50.6 Å². The summed E-state index contributed by atoms with van der Waals surface area (Å²) >= 11 is 1.87. The molecule has 0 unspecified atom stereocenters. The van der Waals surface area contributed by atoms with Crippen LogP contribution in [0.25, 0.3) is 0 Å². The number of benzene rings is 2. The summed E-state index contributed by atoms with van der Waals surface area (Å²) in [5.74, 6) is -2.60. The molecule has 5 amide bonds. The first kappa shape index (κ1) is 37.5. The second-order valence-corrected chi connectivity index (χ2v) is 13.0. The number of ether oxygens (including phenoxy) is 2. The van der Waals surface area contributed by atoms with Crippen LogP contribution in [-0.2, 0) is 23.9 Å². The zero-order valence-corrected chi connectivity index (χ0v) is 28.1. The van der Waals surface area contributed by atoms with E-state index in [-0.39, 0.29) is 54.0 Å². The van der Waals surface area contributed by atoms with Crippen molar-refractivity contribution in [1.82, 2.24) is 21.3 Å². The lowest BCUT2D eigenvalue weighted by Gasteiger charge is -2.16. The van der Waals surface area contributed by atoms with Crippen molar-refractivity contribution in [1.29, 1.82) is 0 Å². The predicted molar refractivity (Wildman–Crippen MR) is 181 cm³/mol. The summed E-state index contributed by atoms with van der Waals surface area (Å²) in [7, 11) is 0. The SMILES string of the molecule is Cc1ccc(C(=O)NCCOCCOCCNC(=O)CCCC[C@@H]2SC[C@@H]3NC(=O)N[C@@H]32)cc1NC(=O)C(=O)CC(=O)c1ccc(F)cc1. The first-order valence-corrected chi connectivity index (χ1v) is 17.3. The van der Waals surface area contributed by atoms with Crippen LogP contribution < -0.4 is 26.6 Å². The number of urea groups is 1. The van der Waals surface area contributed by atoms with Crippen LogP contribution >= 0.6 is 11.8 Å². The minimum atomic E-state index is -1.00. The first-order chi connectivity index (χ1) is 23.6. The third kappa shape index (κ3) is 11.9. The molecule has 49 heavy (non-hydrogen) atoms. The molecule has 2 heterocycles. The topological polar surface area (TPSA) is 181 Å². The molecule has 0 aromatic heterocycles. The van der Waals surface area contributed by atoms with Crippen LogP contribution in [0.15, 0.2) is 42.5 Å². The summed E-state index contributed by atoms with van der Waals surface area (Å²) in [6.07, 6.45) is 2.46. The van der Waals surface area contributed by atoms with Crippen molar-refractivity contribution in [3.8, 4) is 0 Å². The van der Waals surface area contributed by atoms with Crippen LogP contribution in [-0.4, -0.2) is 97.9 Å². The highest BCUT2D eigenvalue weighted by Gasteiger charge is 2.42. The quantitative estimate of drug-likeness (QED) is 0.0456. The molecule has 0 spiro atoms. The van der Waals surface area contributed by atoms with Crippen molar-refractivity contribution in [3.05, 3.63) is 65.0 Å².